The second-order valence-electron chi connectivity index (χ2n) is 11.8. The molecule has 3 amide bonds. The van der Waals surface area contributed by atoms with Crippen molar-refractivity contribution in [3.8, 4) is 17.2 Å². The first-order chi connectivity index (χ1) is 22.5. The maximum absolute atomic E-state index is 13.1. The Morgan fingerprint density at radius 1 is 0.761 bits per heavy atom. The number of benzene rings is 4. The third-order valence-corrected chi connectivity index (χ3v) is 8.58. The predicted octanol–water partition coefficient (Wildman–Crippen LogP) is 8.58. The monoisotopic (exact) mass is 615 g/mol. The van der Waals surface area contributed by atoms with E-state index in [4.69, 9.17) is 4.74 Å². The summed E-state index contributed by atoms with van der Waals surface area (Å²) in [5.41, 5.74) is 5.47. The molecule has 1 aliphatic rings. The number of urea groups is 1. The van der Waals surface area contributed by atoms with Crippen molar-refractivity contribution in [3.63, 3.8) is 0 Å². The minimum atomic E-state index is -0.215. The van der Waals surface area contributed by atoms with Crippen LogP contribution in [0.25, 0.3) is 16.6 Å². The molecule has 0 unspecified atom stereocenters. The van der Waals surface area contributed by atoms with Crippen molar-refractivity contribution < 1.29 is 14.3 Å². The first-order valence-electron chi connectivity index (χ1n) is 16.2. The number of hydrogen-bond donors (Lipinski definition) is 3. The van der Waals surface area contributed by atoms with Gasteiger partial charge in [-0.15, -0.1) is 0 Å². The number of hydrogen-bond acceptors (Lipinski definition) is 4. The average Bonchev–Trinajstić information content (AvgIpc) is 3.74. The number of para-hydroxylation sites is 1. The Bertz CT molecular complexity index is 1770. The molecule has 1 saturated heterocycles. The number of nitrogens with one attached hydrogen (secondary N) is 3. The first-order valence-corrected chi connectivity index (χ1v) is 16.2. The van der Waals surface area contributed by atoms with Crippen molar-refractivity contribution in [2.45, 2.75) is 52.1 Å². The van der Waals surface area contributed by atoms with Crippen LogP contribution in [-0.4, -0.2) is 40.5 Å². The van der Waals surface area contributed by atoms with Gasteiger partial charge in [-0.1, -0.05) is 32.0 Å². The Kier molecular flexibility index (Phi) is 9.65. The molecule has 46 heavy (non-hydrogen) atoms. The third-order valence-electron chi connectivity index (χ3n) is 8.58. The van der Waals surface area contributed by atoms with Crippen LogP contribution in [0.4, 0.5) is 16.2 Å². The van der Waals surface area contributed by atoms with Crippen LogP contribution in [0.15, 0.2) is 103 Å². The van der Waals surface area contributed by atoms with E-state index in [9.17, 15) is 9.59 Å². The van der Waals surface area contributed by atoms with E-state index >= 15 is 0 Å². The molecule has 5 aromatic rings. The highest BCUT2D eigenvalue weighted by molar-refractivity contribution is 6.04. The van der Waals surface area contributed by atoms with Crippen LogP contribution in [0.5, 0.6) is 11.5 Å². The molecule has 6 rings (SSSR count). The van der Waals surface area contributed by atoms with Gasteiger partial charge < -0.3 is 25.3 Å². The lowest BCUT2D eigenvalue weighted by atomic mass is 10.1. The summed E-state index contributed by atoms with van der Waals surface area (Å²) < 4.78 is 8.18. The Balaban J connectivity index is 1.05. The van der Waals surface area contributed by atoms with Crippen LogP contribution >= 0.6 is 0 Å². The van der Waals surface area contributed by atoms with Gasteiger partial charge in [0.15, 0.2) is 0 Å². The lowest BCUT2D eigenvalue weighted by Crippen LogP contribution is -2.37. The van der Waals surface area contributed by atoms with Crippen LogP contribution < -0.4 is 20.7 Å². The molecule has 236 valence electrons. The molecule has 0 radical (unpaired) electrons. The summed E-state index contributed by atoms with van der Waals surface area (Å²) in [5.74, 6) is 1.10. The molecule has 0 saturated carbocycles. The van der Waals surface area contributed by atoms with Gasteiger partial charge in [0, 0.05) is 46.8 Å². The third kappa shape index (κ3) is 7.41. The molecule has 0 atom stereocenters. The van der Waals surface area contributed by atoms with Crippen molar-refractivity contribution in [2.75, 3.05) is 23.7 Å². The summed E-state index contributed by atoms with van der Waals surface area (Å²) in [7, 11) is 0. The Labute approximate surface area is 270 Å². The summed E-state index contributed by atoms with van der Waals surface area (Å²) in [6.07, 6.45) is 6.56. The molecule has 1 aromatic heterocycles. The summed E-state index contributed by atoms with van der Waals surface area (Å²) in [6.45, 7) is 7.38. The van der Waals surface area contributed by atoms with Crippen LogP contribution in [0.2, 0.25) is 0 Å². The predicted molar refractivity (Wildman–Crippen MR) is 185 cm³/mol. The fourth-order valence-electron chi connectivity index (χ4n) is 5.94. The van der Waals surface area contributed by atoms with Gasteiger partial charge in [-0.2, -0.15) is 0 Å². The standard InChI is InChI=1S/C38H41N5O3/c1-3-29(4-2)40-38(45)41-31-15-21-34(22-16-31)46-33-19-13-30(14-20-33)39-37(44)27-11-17-32(18-12-27)43-26-28(25-42-23-7-8-24-42)35-9-5-6-10-36(35)43/h5-6,9-22,26,29H,3-4,7-8,23-25H2,1-2H3,(H,39,44)(H2,40,41,45). The molecular weight excluding hydrogens is 574 g/mol. The summed E-state index contributed by atoms with van der Waals surface area (Å²) in [5, 5.41) is 10.1. The van der Waals surface area contributed by atoms with Gasteiger partial charge in [0.05, 0.1) is 5.52 Å². The zero-order valence-corrected chi connectivity index (χ0v) is 26.5. The highest BCUT2D eigenvalue weighted by Crippen LogP contribution is 2.28. The quantitative estimate of drug-likeness (QED) is 0.139. The number of carbonyl (C=O) groups is 2. The van der Waals surface area contributed by atoms with E-state index in [0.717, 1.165) is 38.2 Å². The molecular formula is C38H41N5O3. The number of carbonyl (C=O) groups excluding carboxylic acids is 2. The van der Waals surface area contributed by atoms with E-state index in [2.05, 4.69) is 69.7 Å². The SMILES string of the molecule is CCC(CC)NC(=O)Nc1ccc(Oc2ccc(NC(=O)c3ccc(-n4cc(CN5CCCC5)c5ccccc54)cc3)cc2)cc1. The second kappa shape index (κ2) is 14.3. The first kappa shape index (κ1) is 30.9. The van der Waals surface area contributed by atoms with Crippen molar-refractivity contribution in [2.24, 2.45) is 0 Å². The lowest BCUT2D eigenvalue weighted by molar-refractivity contribution is 0.102. The zero-order chi connectivity index (χ0) is 31.9. The molecule has 4 aromatic carbocycles. The number of likely N-dealkylation sites (tertiary alicyclic amines) is 1. The summed E-state index contributed by atoms with van der Waals surface area (Å²) in [6, 6.07) is 30.6. The van der Waals surface area contributed by atoms with Gasteiger partial charge in [-0.05, 0) is 123 Å². The Hall–Kier alpha value is -5.08. The van der Waals surface area contributed by atoms with Crippen molar-refractivity contribution in [3.05, 3.63) is 114 Å². The Morgan fingerprint density at radius 2 is 1.37 bits per heavy atom. The topological polar surface area (TPSA) is 87.6 Å². The molecule has 1 fully saturated rings. The molecule has 3 N–H and O–H groups in total. The minimum absolute atomic E-state index is 0.158. The summed E-state index contributed by atoms with van der Waals surface area (Å²) in [4.78, 5) is 27.8. The molecule has 8 heteroatoms. The van der Waals surface area contributed by atoms with Crippen LogP contribution in [-0.2, 0) is 6.54 Å². The second-order valence-corrected chi connectivity index (χ2v) is 11.8. The van der Waals surface area contributed by atoms with Gasteiger partial charge >= 0.3 is 6.03 Å². The largest absolute Gasteiger partial charge is 0.457 e. The number of fused-ring (bicyclic) bond motifs is 1. The smallest absolute Gasteiger partial charge is 0.319 e. The maximum Gasteiger partial charge on any atom is 0.319 e. The molecule has 1 aliphatic heterocycles. The fraction of sp³-hybridized carbons (Fsp3) is 0.263. The van der Waals surface area contributed by atoms with E-state index in [-0.39, 0.29) is 18.0 Å². The van der Waals surface area contributed by atoms with Crippen LogP contribution in [0, 0.1) is 0 Å². The lowest BCUT2D eigenvalue weighted by Gasteiger charge is -2.15. The molecule has 2 heterocycles. The van der Waals surface area contributed by atoms with Crippen LogP contribution in [0.1, 0.15) is 55.5 Å². The van der Waals surface area contributed by atoms with E-state index in [1.165, 1.54) is 29.3 Å². The van der Waals surface area contributed by atoms with Gasteiger partial charge in [0.25, 0.3) is 5.91 Å². The normalized spacial score (nSPS) is 13.2. The number of aromatic nitrogens is 1. The fourth-order valence-corrected chi connectivity index (χ4v) is 5.94. The van der Waals surface area contributed by atoms with Crippen molar-refractivity contribution in [1.82, 2.24) is 14.8 Å². The van der Waals surface area contributed by atoms with Gasteiger partial charge in [-0.25, -0.2) is 4.79 Å². The van der Waals surface area contributed by atoms with E-state index in [1.807, 2.05) is 48.5 Å². The van der Waals surface area contributed by atoms with E-state index < -0.39 is 0 Å². The molecule has 0 bridgehead atoms. The highest BCUT2D eigenvalue weighted by atomic mass is 16.5. The zero-order valence-electron chi connectivity index (χ0n) is 26.5. The number of amides is 3. The number of nitrogens with zero attached hydrogens (tertiary/aromatic N) is 2. The van der Waals surface area contributed by atoms with Crippen molar-refractivity contribution >= 4 is 34.2 Å². The number of rotatable bonds is 11. The Morgan fingerprint density at radius 3 is 2.00 bits per heavy atom. The molecule has 0 spiro atoms. The van der Waals surface area contributed by atoms with Gasteiger partial charge in [-0.3, -0.25) is 9.69 Å². The molecule has 8 nitrogen and oxygen atoms in total. The van der Waals surface area contributed by atoms with E-state index in [0.29, 0.717) is 28.4 Å². The highest BCUT2D eigenvalue weighted by Gasteiger charge is 2.16. The van der Waals surface area contributed by atoms with E-state index in [1.54, 1.807) is 24.3 Å². The maximum atomic E-state index is 13.1. The number of ether oxygens (including phenoxy) is 1. The van der Waals surface area contributed by atoms with Gasteiger partial charge in [0.1, 0.15) is 11.5 Å². The van der Waals surface area contributed by atoms with Crippen molar-refractivity contribution in [1.29, 1.82) is 0 Å². The average molecular weight is 616 g/mol. The minimum Gasteiger partial charge on any atom is -0.457 e. The summed E-state index contributed by atoms with van der Waals surface area (Å²) >= 11 is 0. The van der Waals surface area contributed by atoms with Crippen LogP contribution in [0.3, 0.4) is 0 Å². The molecule has 0 aliphatic carbocycles. The number of anilines is 2. The van der Waals surface area contributed by atoms with Gasteiger partial charge in [0.2, 0.25) is 0 Å².